The zero-order valence-electron chi connectivity index (χ0n) is 12.1. The number of halogens is 3. The van der Waals surface area contributed by atoms with E-state index in [0.29, 0.717) is 30.8 Å². The molecular weight excluding hydrogens is 328 g/mol. The molecule has 0 spiro atoms. The van der Waals surface area contributed by atoms with Gasteiger partial charge < -0.3 is 10.1 Å². The zero-order valence-corrected chi connectivity index (χ0v) is 12.8. The van der Waals surface area contributed by atoms with E-state index >= 15 is 0 Å². The molecule has 122 valence electrons. The largest absolute Gasteiger partial charge is 0.382 e. The molecule has 0 amide bonds. The quantitative estimate of drug-likeness (QED) is 0.928. The van der Waals surface area contributed by atoms with Gasteiger partial charge in [0.2, 0.25) is 0 Å². The maximum atomic E-state index is 13.8. The normalized spacial score (nSPS) is 17.4. The molecule has 3 rings (SSSR count). The van der Waals surface area contributed by atoms with Crippen molar-refractivity contribution in [3.8, 4) is 5.69 Å². The average Bonchev–Trinajstić information content (AvgIpc) is 3.03. The second kappa shape index (κ2) is 6.64. The topological polar surface area (TPSA) is 56.1 Å². The van der Waals surface area contributed by atoms with Crippen LogP contribution in [0, 0.1) is 17.6 Å². The van der Waals surface area contributed by atoms with Gasteiger partial charge in [0.1, 0.15) is 16.5 Å². The molecular formula is C15H14ClF2N3O2. The van der Waals surface area contributed by atoms with Gasteiger partial charge in [-0.05, 0) is 18.6 Å². The molecule has 23 heavy (non-hydrogen) atoms. The van der Waals surface area contributed by atoms with Crippen LogP contribution < -0.4 is 10.9 Å². The molecule has 0 saturated carbocycles. The summed E-state index contributed by atoms with van der Waals surface area (Å²) in [5.41, 5.74) is -0.457. The van der Waals surface area contributed by atoms with E-state index in [2.05, 4.69) is 10.4 Å². The first kappa shape index (κ1) is 15.9. The predicted molar refractivity (Wildman–Crippen MR) is 82.2 cm³/mol. The first-order valence-electron chi connectivity index (χ1n) is 7.11. The summed E-state index contributed by atoms with van der Waals surface area (Å²) in [7, 11) is 0. The van der Waals surface area contributed by atoms with Crippen LogP contribution in [-0.4, -0.2) is 29.5 Å². The Hall–Kier alpha value is -1.99. The van der Waals surface area contributed by atoms with Gasteiger partial charge in [0.05, 0.1) is 18.5 Å². The molecule has 1 aliphatic heterocycles. The number of nitrogens with zero attached hydrogens (tertiary/aromatic N) is 2. The Labute approximate surface area is 135 Å². The minimum absolute atomic E-state index is 0.0948. The Morgan fingerprint density at radius 1 is 1.43 bits per heavy atom. The van der Waals surface area contributed by atoms with Crippen molar-refractivity contribution in [3.05, 3.63) is 51.4 Å². The molecule has 0 bridgehead atoms. The van der Waals surface area contributed by atoms with Crippen molar-refractivity contribution in [1.29, 1.82) is 0 Å². The first-order chi connectivity index (χ1) is 11.1. The molecule has 1 aromatic carbocycles. The lowest BCUT2D eigenvalue weighted by Crippen LogP contribution is -2.24. The lowest BCUT2D eigenvalue weighted by atomic mass is 10.1. The fourth-order valence-electron chi connectivity index (χ4n) is 2.38. The number of hydrogen-bond donors (Lipinski definition) is 1. The Morgan fingerprint density at radius 3 is 2.96 bits per heavy atom. The molecule has 2 aromatic rings. The Balaban J connectivity index is 1.86. The number of rotatable bonds is 4. The summed E-state index contributed by atoms with van der Waals surface area (Å²) in [5, 5.41) is 6.87. The van der Waals surface area contributed by atoms with E-state index in [1.165, 1.54) is 6.20 Å². The average molecular weight is 342 g/mol. The van der Waals surface area contributed by atoms with Crippen LogP contribution in [0.2, 0.25) is 5.02 Å². The highest BCUT2D eigenvalue weighted by molar-refractivity contribution is 6.32. The van der Waals surface area contributed by atoms with E-state index in [1.807, 2.05) is 0 Å². The van der Waals surface area contributed by atoms with Gasteiger partial charge in [0.15, 0.2) is 5.82 Å². The maximum Gasteiger partial charge on any atom is 0.292 e. The van der Waals surface area contributed by atoms with Crippen molar-refractivity contribution in [2.75, 3.05) is 25.1 Å². The number of aromatic nitrogens is 2. The molecule has 2 heterocycles. The van der Waals surface area contributed by atoms with Gasteiger partial charge in [-0.25, -0.2) is 8.78 Å². The summed E-state index contributed by atoms with van der Waals surface area (Å²) < 4.78 is 32.8. The van der Waals surface area contributed by atoms with Crippen LogP contribution in [0.1, 0.15) is 6.42 Å². The van der Waals surface area contributed by atoms with Gasteiger partial charge >= 0.3 is 0 Å². The van der Waals surface area contributed by atoms with Crippen LogP contribution in [0.3, 0.4) is 0 Å². The molecule has 1 fully saturated rings. The molecule has 0 radical (unpaired) electrons. The van der Waals surface area contributed by atoms with E-state index in [0.717, 1.165) is 29.8 Å². The van der Waals surface area contributed by atoms with Crippen molar-refractivity contribution in [1.82, 2.24) is 9.78 Å². The number of nitrogens with one attached hydrogen (secondary N) is 1. The zero-order chi connectivity index (χ0) is 16.4. The molecule has 8 heteroatoms. The Kier molecular flexibility index (Phi) is 4.58. The molecule has 0 aliphatic carbocycles. The SMILES string of the molecule is O=c1c(Cl)c(NC[C@@H]2CCOC2)cnn1-c1ccc(F)cc1F. The Morgan fingerprint density at radius 2 is 2.26 bits per heavy atom. The minimum atomic E-state index is -0.889. The van der Waals surface area contributed by atoms with Crippen LogP contribution in [0.15, 0.2) is 29.2 Å². The monoisotopic (exact) mass is 341 g/mol. The van der Waals surface area contributed by atoms with Crippen LogP contribution in [0.4, 0.5) is 14.5 Å². The van der Waals surface area contributed by atoms with Gasteiger partial charge in [0.25, 0.3) is 5.56 Å². The van der Waals surface area contributed by atoms with Gasteiger partial charge in [-0.2, -0.15) is 9.78 Å². The fourth-order valence-corrected chi connectivity index (χ4v) is 2.57. The van der Waals surface area contributed by atoms with Crippen LogP contribution in [0.25, 0.3) is 5.69 Å². The van der Waals surface area contributed by atoms with Crippen molar-refractivity contribution < 1.29 is 13.5 Å². The van der Waals surface area contributed by atoms with E-state index < -0.39 is 17.2 Å². The number of benzene rings is 1. The van der Waals surface area contributed by atoms with Gasteiger partial charge in [-0.15, -0.1) is 0 Å². The van der Waals surface area contributed by atoms with Gasteiger partial charge in [0, 0.05) is 25.1 Å². The van der Waals surface area contributed by atoms with Gasteiger partial charge in [-0.1, -0.05) is 11.6 Å². The minimum Gasteiger partial charge on any atom is -0.382 e. The van der Waals surface area contributed by atoms with Crippen LogP contribution in [0.5, 0.6) is 0 Å². The van der Waals surface area contributed by atoms with Crippen molar-refractivity contribution >= 4 is 17.3 Å². The molecule has 1 aliphatic rings. The van der Waals surface area contributed by atoms with E-state index in [9.17, 15) is 13.6 Å². The second-order valence-corrected chi connectivity index (χ2v) is 5.67. The third-order valence-corrected chi connectivity index (χ3v) is 4.03. The molecule has 5 nitrogen and oxygen atoms in total. The standard InChI is InChI=1S/C15H14ClF2N3O2/c16-14-12(19-6-9-3-4-23-8-9)7-20-21(15(14)22)13-2-1-10(17)5-11(13)18/h1-2,5,7,9,19H,3-4,6,8H2/t9-/m0/s1. The molecule has 1 saturated heterocycles. The summed E-state index contributed by atoms with van der Waals surface area (Å²) >= 11 is 6.05. The fraction of sp³-hybridized carbons (Fsp3) is 0.333. The summed E-state index contributed by atoms with van der Waals surface area (Å²) in [6.45, 7) is 2.00. The smallest absolute Gasteiger partial charge is 0.292 e. The highest BCUT2D eigenvalue weighted by Gasteiger charge is 2.18. The molecule has 1 N–H and O–H groups in total. The summed E-state index contributed by atoms with van der Waals surface area (Å²) in [6.07, 6.45) is 2.29. The highest BCUT2D eigenvalue weighted by Crippen LogP contribution is 2.20. The number of hydrogen-bond acceptors (Lipinski definition) is 4. The van der Waals surface area contributed by atoms with E-state index in [-0.39, 0.29) is 10.7 Å². The van der Waals surface area contributed by atoms with Gasteiger partial charge in [-0.3, -0.25) is 4.79 Å². The number of anilines is 1. The lowest BCUT2D eigenvalue weighted by molar-refractivity contribution is 0.187. The summed E-state index contributed by atoms with van der Waals surface area (Å²) in [5.74, 6) is -1.27. The third-order valence-electron chi connectivity index (χ3n) is 3.66. The van der Waals surface area contributed by atoms with E-state index in [4.69, 9.17) is 16.3 Å². The molecule has 1 atom stereocenters. The Bertz CT molecular complexity index is 776. The lowest BCUT2D eigenvalue weighted by Gasteiger charge is -2.13. The van der Waals surface area contributed by atoms with Crippen LogP contribution in [-0.2, 0) is 4.74 Å². The van der Waals surface area contributed by atoms with Crippen molar-refractivity contribution in [2.45, 2.75) is 6.42 Å². The molecule has 0 unspecified atom stereocenters. The van der Waals surface area contributed by atoms with Crippen molar-refractivity contribution in [3.63, 3.8) is 0 Å². The predicted octanol–water partition coefficient (Wildman–Crippen LogP) is 2.61. The third kappa shape index (κ3) is 3.35. The number of ether oxygens (including phenoxy) is 1. The molecule has 1 aromatic heterocycles. The highest BCUT2D eigenvalue weighted by atomic mass is 35.5. The summed E-state index contributed by atoms with van der Waals surface area (Å²) in [6, 6.07) is 2.87. The van der Waals surface area contributed by atoms with Crippen molar-refractivity contribution in [2.24, 2.45) is 5.92 Å². The maximum absolute atomic E-state index is 13.8. The first-order valence-corrected chi connectivity index (χ1v) is 7.49. The second-order valence-electron chi connectivity index (χ2n) is 5.30. The van der Waals surface area contributed by atoms with Crippen LogP contribution >= 0.6 is 11.6 Å². The van der Waals surface area contributed by atoms with E-state index in [1.54, 1.807) is 0 Å². The summed E-state index contributed by atoms with van der Waals surface area (Å²) in [4.78, 5) is 12.3.